The highest BCUT2D eigenvalue weighted by atomic mass is 16.7. The van der Waals surface area contributed by atoms with Crippen LogP contribution in [0.4, 0.5) is 17.1 Å². The van der Waals surface area contributed by atoms with E-state index in [1.807, 2.05) is 6.07 Å². The summed E-state index contributed by atoms with van der Waals surface area (Å²) in [5.74, 6) is 0. The molecule has 2 fully saturated rings. The quantitative estimate of drug-likeness (QED) is 0.148. The molecule has 9 heteroatoms. The minimum absolute atomic E-state index is 0.466. The molecule has 4 heterocycles. The molecule has 2 aromatic heterocycles. The van der Waals surface area contributed by atoms with Gasteiger partial charge in [0.25, 0.3) is 0 Å². The lowest BCUT2D eigenvalue weighted by molar-refractivity contribution is 0.00578. The van der Waals surface area contributed by atoms with E-state index in [0.717, 1.165) is 88.5 Å². The van der Waals surface area contributed by atoms with Gasteiger partial charge in [0.1, 0.15) is 11.2 Å². The summed E-state index contributed by atoms with van der Waals surface area (Å²) in [6.07, 6.45) is 0. The van der Waals surface area contributed by atoms with E-state index in [1.165, 1.54) is 44.5 Å². The van der Waals surface area contributed by atoms with Crippen molar-refractivity contribution in [3.05, 3.63) is 241 Å². The molecule has 0 atom stereocenters. The van der Waals surface area contributed by atoms with Gasteiger partial charge >= 0.3 is 14.2 Å². The maximum Gasteiger partial charge on any atom is 0.494 e. The lowest BCUT2D eigenvalue weighted by atomic mass is 9.70. The van der Waals surface area contributed by atoms with Crippen molar-refractivity contribution < 1.29 is 23.0 Å². The van der Waals surface area contributed by atoms with Crippen molar-refractivity contribution in [1.82, 2.24) is 4.57 Å². The van der Waals surface area contributed by atoms with Gasteiger partial charge in [-0.3, -0.25) is 0 Å². The van der Waals surface area contributed by atoms with E-state index in [1.54, 1.807) is 0 Å². The fourth-order valence-corrected chi connectivity index (χ4v) is 13.8. The van der Waals surface area contributed by atoms with Crippen LogP contribution >= 0.6 is 0 Å². The van der Waals surface area contributed by atoms with Crippen molar-refractivity contribution in [2.75, 3.05) is 4.90 Å². The molecule has 0 unspecified atom stereocenters. The normalized spacial score (nSPS) is 17.5. The van der Waals surface area contributed by atoms with Gasteiger partial charge in [0.05, 0.1) is 49.9 Å². The third kappa shape index (κ3) is 6.94. The van der Waals surface area contributed by atoms with Crippen molar-refractivity contribution >= 4 is 86.0 Å². The fraction of sp³-hybridized carbons (Fsp3) is 0.178. The summed E-state index contributed by atoms with van der Waals surface area (Å²) in [5.41, 5.74) is 20.3. The van der Waals surface area contributed by atoms with E-state index in [-0.39, 0.29) is 0 Å². The standard InChI is InChI=1S/C73H60B2N2O5/c1-69(2)70(3,4)80-74(79-69)47-32-40-63-57(42-47)58-43-48(75-81-71(5,6)72(7,8)82-75)33-41-64(58)77(63)50-36-30-46(31-37-50)45-28-34-49(35-29-45)76(65-25-17-27-67-68(65)56-21-12-16-26-66(56)78-67)51-38-39-55-54-20-11-15-24-61(54)73(62(55)44-51)59-22-13-9-18-52(59)53-19-10-14-23-60(53)73/h9-44H,1-8H3. The van der Waals surface area contributed by atoms with Crippen LogP contribution in [0.5, 0.6) is 0 Å². The molecule has 0 bridgehead atoms. The molecule has 398 valence electrons. The predicted octanol–water partition coefficient (Wildman–Crippen LogP) is 16.8. The van der Waals surface area contributed by atoms with E-state index in [0.29, 0.717) is 0 Å². The number of hydrogen-bond acceptors (Lipinski definition) is 6. The van der Waals surface area contributed by atoms with Crippen LogP contribution in [0.1, 0.15) is 77.6 Å². The van der Waals surface area contributed by atoms with Crippen LogP contribution in [0.25, 0.3) is 82.8 Å². The first-order valence-electron chi connectivity index (χ1n) is 28.7. The zero-order chi connectivity index (χ0) is 55.7. The van der Waals surface area contributed by atoms with Crippen LogP contribution in [-0.2, 0) is 24.0 Å². The third-order valence-electron chi connectivity index (χ3n) is 19.3. The highest BCUT2D eigenvalue weighted by Gasteiger charge is 2.54. The molecule has 0 radical (unpaired) electrons. The SMILES string of the molecule is CC1(C)OB(c2ccc3c(c2)c2cc(B4OC(C)(C)C(C)(C)O4)ccc2n3-c2ccc(-c3ccc(N(c4ccc5c(c4)C4(c6ccccc6-c6ccccc64)c4ccccc4-5)c4cccc5oc6ccccc6c45)cc3)cc2)OC1(C)C. The average Bonchev–Trinajstić information content (AvgIpc) is 1.66. The van der Waals surface area contributed by atoms with Crippen LogP contribution in [-0.4, -0.2) is 41.2 Å². The first kappa shape index (κ1) is 49.4. The minimum atomic E-state index is -0.497. The average molecular weight is 1070 g/mol. The Morgan fingerprint density at radius 3 is 1.35 bits per heavy atom. The van der Waals surface area contributed by atoms with Crippen molar-refractivity contribution in [2.24, 2.45) is 0 Å². The van der Waals surface area contributed by atoms with Gasteiger partial charge in [-0.05, 0) is 189 Å². The molecular weight excluding hydrogens is 1010 g/mol. The van der Waals surface area contributed by atoms with Gasteiger partial charge in [0.15, 0.2) is 0 Å². The zero-order valence-corrected chi connectivity index (χ0v) is 47.4. The van der Waals surface area contributed by atoms with Gasteiger partial charge in [-0.25, -0.2) is 0 Å². The van der Waals surface area contributed by atoms with Crippen LogP contribution in [0.15, 0.2) is 223 Å². The van der Waals surface area contributed by atoms with Crippen LogP contribution in [0, 0.1) is 0 Å². The summed E-state index contributed by atoms with van der Waals surface area (Å²) in [6.45, 7) is 16.8. The van der Waals surface area contributed by atoms with Gasteiger partial charge in [0.2, 0.25) is 0 Å². The highest BCUT2D eigenvalue weighted by Crippen LogP contribution is 2.63. The molecule has 12 aromatic rings. The number of fused-ring (bicyclic) bond motifs is 16. The van der Waals surface area contributed by atoms with Crippen molar-refractivity contribution in [3.8, 4) is 39.1 Å². The third-order valence-corrected chi connectivity index (χ3v) is 19.3. The Hall–Kier alpha value is -8.43. The van der Waals surface area contributed by atoms with Crippen molar-refractivity contribution in [2.45, 2.75) is 83.2 Å². The molecule has 0 saturated carbocycles. The number of anilines is 3. The summed E-state index contributed by atoms with van der Waals surface area (Å²) in [6, 6.07) is 80.2. The molecule has 1 spiro atoms. The summed E-state index contributed by atoms with van der Waals surface area (Å²) >= 11 is 0. The number of furan rings is 1. The molecule has 0 amide bonds. The Morgan fingerprint density at radius 2 is 0.817 bits per heavy atom. The second-order valence-corrected chi connectivity index (χ2v) is 24.9. The van der Waals surface area contributed by atoms with E-state index in [9.17, 15) is 0 Å². The molecule has 2 saturated heterocycles. The fourth-order valence-electron chi connectivity index (χ4n) is 13.8. The maximum atomic E-state index is 6.59. The van der Waals surface area contributed by atoms with Crippen LogP contribution in [0.3, 0.4) is 0 Å². The second kappa shape index (κ2) is 17.3. The van der Waals surface area contributed by atoms with Gasteiger partial charge in [-0.1, -0.05) is 152 Å². The van der Waals surface area contributed by atoms with Gasteiger partial charge in [-0.2, -0.15) is 0 Å². The number of hydrogen-bond donors (Lipinski definition) is 0. The topological polar surface area (TPSA) is 58.2 Å². The van der Waals surface area contributed by atoms with Gasteiger partial charge in [0, 0.05) is 33.2 Å². The maximum absolute atomic E-state index is 6.59. The molecule has 2 aliphatic heterocycles. The summed E-state index contributed by atoms with van der Waals surface area (Å²) in [5, 5.41) is 4.36. The Kier molecular flexibility index (Phi) is 10.4. The largest absolute Gasteiger partial charge is 0.494 e. The van der Waals surface area contributed by atoms with E-state index < -0.39 is 42.1 Å². The first-order chi connectivity index (χ1) is 39.6. The summed E-state index contributed by atoms with van der Waals surface area (Å²) in [4.78, 5) is 2.43. The van der Waals surface area contributed by atoms with E-state index in [4.69, 9.17) is 23.0 Å². The monoisotopic (exact) mass is 1070 g/mol. The lowest BCUT2D eigenvalue weighted by Crippen LogP contribution is -2.41. The predicted molar refractivity (Wildman–Crippen MR) is 336 cm³/mol. The van der Waals surface area contributed by atoms with E-state index >= 15 is 0 Å². The van der Waals surface area contributed by atoms with Crippen LogP contribution in [0.2, 0.25) is 0 Å². The Morgan fingerprint density at radius 1 is 0.366 bits per heavy atom. The molecular formula is C73H60B2N2O5. The summed E-state index contributed by atoms with van der Waals surface area (Å²) in [7, 11) is -0.995. The lowest BCUT2D eigenvalue weighted by Gasteiger charge is -2.32. The number of benzene rings is 10. The molecule has 7 nitrogen and oxygen atoms in total. The van der Waals surface area contributed by atoms with Crippen molar-refractivity contribution in [3.63, 3.8) is 0 Å². The summed E-state index contributed by atoms with van der Waals surface area (Å²) < 4.78 is 35.3. The minimum Gasteiger partial charge on any atom is -0.456 e. The van der Waals surface area contributed by atoms with Crippen LogP contribution < -0.4 is 15.8 Å². The zero-order valence-electron chi connectivity index (χ0n) is 47.4. The Bertz CT molecular complexity index is 4440. The number of para-hydroxylation sites is 1. The molecule has 0 N–H and O–H groups in total. The molecule has 2 aliphatic carbocycles. The van der Waals surface area contributed by atoms with Gasteiger partial charge in [-0.15, -0.1) is 0 Å². The highest BCUT2D eigenvalue weighted by molar-refractivity contribution is 6.63. The first-order valence-corrected chi connectivity index (χ1v) is 28.7. The molecule has 4 aliphatic rings. The number of nitrogens with zero attached hydrogens (tertiary/aromatic N) is 2. The van der Waals surface area contributed by atoms with E-state index in [2.05, 4.69) is 277 Å². The Labute approximate surface area is 478 Å². The second-order valence-electron chi connectivity index (χ2n) is 24.9. The Balaban J connectivity index is 0.807. The molecule has 10 aromatic carbocycles. The smallest absolute Gasteiger partial charge is 0.456 e. The number of rotatable bonds is 7. The number of aromatic nitrogens is 1. The molecule has 16 rings (SSSR count). The van der Waals surface area contributed by atoms with Crippen molar-refractivity contribution in [1.29, 1.82) is 0 Å². The molecule has 82 heavy (non-hydrogen) atoms. The van der Waals surface area contributed by atoms with Gasteiger partial charge < -0.3 is 32.5 Å².